The van der Waals surface area contributed by atoms with Crippen LogP contribution in [0, 0.1) is 17.8 Å². The Kier molecular flexibility index (Phi) is 14.6. The second kappa shape index (κ2) is 21.0. The minimum atomic E-state index is -1.37. The lowest BCUT2D eigenvalue weighted by Gasteiger charge is -2.16. The third-order valence-corrected chi connectivity index (χ3v) is 8.69. The average molecular weight is 699 g/mol. The molecule has 0 radical (unpaired) electrons. The first-order chi connectivity index (χ1) is 26.0. The van der Waals surface area contributed by atoms with Gasteiger partial charge in [0.2, 0.25) is 11.8 Å². The van der Waals surface area contributed by atoms with Crippen LogP contribution in [-0.2, 0) is 22.4 Å². The van der Waals surface area contributed by atoms with E-state index >= 15 is 0 Å². The standard InChI is InChI=1S/C46H50N2O4/c1-34(44(50)35(2)17-14-18-38-25-27-39-19-12-13-22-42(39)33-38)15-8-5-4-6-9-16-36(3)46(52)48-32-31-47-43(49)30-26-37-23-28-41(29-24-37)45(51)40-20-10-7-11-21-40/h7-8,10-13,15-17,19-25,27-29,33-34,44,50H,6,9,14,18,26,30-32H2,1-3H3,(H,47,49)(H,48,52)/b15-8+,35-17+,36-16+/t34-,44-/m1/s1/i26T,30T/t26?,30?,34-,44-. The fourth-order valence-electron chi connectivity index (χ4n) is 5.52. The molecular weight excluding hydrogens is 645 g/mol. The van der Waals surface area contributed by atoms with Crippen LogP contribution in [-0.4, -0.2) is 41.9 Å². The number of hydrogen-bond acceptors (Lipinski definition) is 4. The number of nitrogens with one attached hydrogen (secondary N) is 2. The predicted molar refractivity (Wildman–Crippen MR) is 212 cm³/mol. The number of carbonyl (C=O) groups is 3. The monoisotopic (exact) mass is 698 g/mol. The summed E-state index contributed by atoms with van der Waals surface area (Å²) >= 11 is 0. The number of benzene rings is 4. The summed E-state index contributed by atoms with van der Waals surface area (Å²) in [5.41, 5.74) is 4.25. The fraction of sp³-hybridized carbons (Fsp3) is 0.283. The molecular formula is C46H50N2O4. The molecule has 0 aliphatic heterocycles. The maximum Gasteiger partial charge on any atom is 0.246 e. The summed E-state index contributed by atoms with van der Waals surface area (Å²) in [5.74, 6) is 4.99. The summed E-state index contributed by atoms with van der Waals surface area (Å²) < 4.78 is 16.6. The quantitative estimate of drug-likeness (QED) is 0.0342. The van der Waals surface area contributed by atoms with Crippen LogP contribution in [0.3, 0.4) is 0 Å². The van der Waals surface area contributed by atoms with Gasteiger partial charge in [0.1, 0.15) is 0 Å². The van der Waals surface area contributed by atoms with Gasteiger partial charge in [0, 0.05) is 51.3 Å². The summed E-state index contributed by atoms with van der Waals surface area (Å²) in [7, 11) is 0. The molecule has 0 spiro atoms. The van der Waals surface area contributed by atoms with Crippen LogP contribution in [0.15, 0.2) is 133 Å². The van der Waals surface area contributed by atoms with Crippen molar-refractivity contribution >= 4 is 28.4 Å². The molecule has 0 heterocycles. The van der Waals surface area contributed by atoms with Crippen molar-refractivity contribution in [2.24, 2.45) is 5.92 Å². The highest BCUT2D eigenvalue weighted by atomic mass is 16.3. The SMILES string of the molecule is [3H]C(C(=O)NCCNC(=O)/C(C)=C/CCC#C/C=C/[C@@H](C)[C@@H](O)/C(C)=C/CCc1ccc2ccccc2c1)C([3H])c1ccc(C(=O)c2ccccc2)cc1. The van der Waals surface area contributed by atoms with Gasteiger partial charge in [-0.2, -0.15) is 0 Å². The number of carbonyl (C=O) groups excluding carboxylic acids is 3. The minimum absolute atomic E-state index is 0.0805. The molecule has 4 aromatic carbocycles. The van der Waals surface area contributed by atoms with E-state index in [9.17, 15) is 19.5 Å². The molecule has 0 aliphatic carbocycles. The number of unbranched alkanes of at least 4 members (excludes halogenated alkanes) is 1. The van der Waals surface area contributed by atoms with Crippen LogP contribution in [0.25, 0.3) is 10.8 Å². The van der Waals surface area contributed by atoms with E-state index in [0.29, 0.717) is 35.1 Å². The Morgan fingerprint density at radius 3 is 2.25 bits per heavy atom. The molecule has 0 fully saturated rings. The minimum Gasteiger partial charge on any atom is -0.388 e. The molecule has 4 rings (SSSR count). The van der Waals surface area contributed by atoms with Crippen LogP contribution in [0.4, 0.5) is 0 Å². The fourth-order valence-corrected chi connectivity index (χ4v) is 5.52. The highest BCUT2D eigenvalue weighted by molar-refractivity contribution is 6.08. The van der Waals surface area contributed by atoms with E-state index in [0.717, 1.165) is 18.4 Å². The van der Waals surface area contributed by atoms with Crippen molar-refractivity contribution in [1.29, 1.82) is 0 Å². The number of rotatable bonds is 17. The van der Waals surface area contributed by atoms with Gasteiger partial charge in [-0.15, -0.1) is 0 Å². The highest BCUT2D eigenvalue weighted by Gasteiger charge is 2.13. The Morgan fingerprint density at radius 2 is 1.48 bits per heavy atom. The smallest absolute Gasteiger partial charge is 0.246 e. The summed E-state index contributed by atoms with van der Waals surface area (Å²) in [4.78, 5) is 37.6. The third-order valence-electron chi connectivity index (χ3n) is 8.69. The molecule has 4 aromatic rings. The van der Waals surface area contributed by atoms with Crippen LogP contribution in [0.2, 0.25) is 0 Å². The number of aliphatic hydroxyl groups is 1. The number of allylic oxidation sites excluding steroid dienone is 3. The summed E-state index contributed by atoms with van der Waals surface area (Å²) in [5, 5.41) is 18.6. The number of ketones is 1. The Hall–Kier alpha value is -5.51. The Morgan fingerprint density at radius 1 is 0.808 bits per heavy atom. The number of aliphatic hydroxyl groups excluding tert-OH is 1. The average Bonchev–Trinajstić information content (AvgIpc) is 3.20. The van der Waals surface area contributed by atoms with Crippen LogP contribution in [0.5, 0.6) is 0 Å². The topological polar surface area (TPSA) is 95.5 Å². The maximum absolute atomic E-state index is 12.6. The van der Waals surface area contributed by atoms with Crippen molar-refractivity contribution in [3.05, 3.63) is 155 Å². The molecule has 4 atom stereocenters. The van der Waals surface area contributed by atoms with E-state index in [1.54, 1.807) is 61.5 Å². The molecule has 0 saturated carbocycles. The largest absolute Gasteiger partial charge is 0.388 e. The first-order valence-corrected chi connectivity index (χ1v) is 17.8. The van der Waals surface area contributed by atoms with Gasteiger partial charge < -0.3 is 15.7 Å². The Labute approximate surface area is 311 Å². The van der Waals surface area contributed by atoms with E-state index < -0.39 is 24.8 Å². The second-order valence-electron chi connectivity index (χ2n) is 12.8. The van der Waals surface area contributed by atoms with Gasteiger partial charge in [-0.1, -0.05) is 134 Å². The van der Waals surface area contributed by atoms with Gasteiger partial charge in [-0.25, -0.2) is 0 Å². The van der Waals surface area contributed by atoms with Crippen molar-refractivity contribution in [2.45, 2.75) is 65.4 Å². The Bertz CT molecular complexity index is 2030. The lowest BCUT2D eigenvalue weighted by molar-refractivity contribution is -0.121. The number of fused-ring (bicyclic) bond motifs is 1. The van der Waals surface area contributed by atoms with E-state index in [1.165, 1.54) is 16.3 Å². The summed E-state index contributed by atoms with van der Waals surface area (Å²) in [6, 6.07) is 30.2. The van der Waals surface area contributed by atoms with E-state index in [2.05, 4.69) is 64.9 Å². The van der Waals surface area contributed by atoms with Gasteiger partial charge >= 0.3 is 0 Å². The third kappa shape index (κ3) is 13.0. The molecule has 2 unspecified atom stereocenters. The molecule has 0 aliphatic rings. The molecule has 0 bridgehead atoms. The summed E-state index contributed by atoms with van der Waals surface area (Å²) in [6.07, 6.45) is 7.45. The van der Waals surface area contributed by atoms with E-state index in [1.807, 2.05) is 38.1 Å². The molecule has 6 nitrogen and oxygen atoms in total. The van der Waals surface area contributed by atoms with Crippen molar-refractivity contribution in [3.8, 4) is 11.8 Å². The number of amides is 2. The normalized spacial score (nSPS) is 14.7. The van der Waals surface area contributed by atoms with Crippen LogP contribution < -0.4 is 10.6 Å². The highest BCUT2D eigenvalue weighted by Crippen LogP contribution is 2.19. The van der Waals surface area contributed by atoms with Gasteiger partial charge in [0.15, 0.2) is 5.78 Å². The van der Waals surface area contributed by atoms with Crippen molar-refractivity contribution < 1.29 is 22.2 Å². The Balaban J connectivity index is 1.10. The maximum atomic E-state index is 12.6. The molecule has 0 aromatic heterocycles. The van der Waals surface area contributed by atoms with Crippen LogP contribution >= 0.6 is 0 Å². The number of aryl methyl sites for hydroxylation is 2. The first-order valence-electron chi connectivity index (χ1n) is 18.9. The zero-order chi connectivity index (χ0) is 38.9. The molecule has 2 amide bonds. The molecule has 268 valence electrons. The first kappa shape index (κ1) is 36.3. The van der Waals surface area contributed by atoms with Gasteiger partial charge in [0.05, 0.1) is 6.10 Å². The van der Waals surface area contributed by atoms with Gasteiger partial charge in [-0.05, 0) is 73.1 Å². The molecule has 3 N–H and O–H groups in total. The second-order valence-corrected chi connectivity index (χ2v) is 12.8. The van der Waals surface area contributed by atoms with Gasteiger partial charge in [0.25, 0.3) is 0 Å². The van der Waals surface area contributed by atoms with Crippen molar-refractivity contribution in [1.82, 2.24) is 10.6 Å². The lowest BCUT2D eigenvalue weighted by Crippen LogP contribution is -2.35. The van der Waals surface area contributed by atoms with Crippen LogP contribution in [0.1, 0.15) is 76.2 Å². The van der Waals surface area contributed by atoms with E-state index in [-0.39, 0.29) is 30.7 Å². The van der Waals surface area contributed by atoms with Crippen molar-refractivity contribution in [2.75, 3.05) is 13.1 Å². The summed E-state index contributed by atoms with van der Waals surface area (Å²) in [6.45, 7) is 5.94. The van der Waals surface area contributed by atoms with Crippen molar-refractivity contribution in [3.63, 3.8) is 0 Å². The molecule has 0 saturated heterocycles. The number of hydrogen-bond donors (Lipinski definition) is 3. The predicted octanol–water partition coefficient (Wildman–Crippen LogP) is 8.10. The zero-order valence-corrected chi connectivity index (χ0v) is 30.3. The molecule has 52 heavy (non-hydrogen) atoms. The zero-order valence-electron chi connectivity index (χ0n) is 32.3. The lowest BCUT2D eigenvalue weighted by atomic mass is 9.96. The van der Waals surface area contributed by atoms with E-state index in [4.69, 9.17) is 2.74 Å². The van der Waals surface area contributed by atoms with Gasteiger partial charge in [-0.3, -0.25) is 14.4 Å². The molecule has 6 heteroatoms.